The van der Waals surface area contributed by atoms with Gasteiger partial charge in [-0.1, -0.05) is 60.7 Å². The van der Waals surface area contributed by atoms with Crippen molar-refractivity contribution >= 4 is 46.3 Å². The number of thiocarbonyl (C=S) groups is 1. The second kappa shape index (κ2) is 6.41. The molecule has 21 heavy (non-hydrogen) atoms. The standard InChI is InChI=1S/C15H15NO3S2/c1-3-11(14(18)19)16-13(17)12(21-15(16)20)8-10-6-4-5-9(2)7-10/h4-8,11H,3H2,1-2H3,(H,18,19)/b12-8+/t11-/m0/s1. The van der Waals surface area contributed by atoms with Gasteiger partial charge < -0.3 is 5.11 Å². The van der Waals surface area contributed by atoms with Crippen molar-refractivity contribution in [3.63, 3.8) is 0 Å². The summed E-state index contributed by atoms with van der Waals surface area (Å²) >= 11 is 6.31. The zero-order chi connectivity index (χ0) is 15.6. The molecule has 1 fully saturated rings. The summed E-state index contributed by atoms with van der Waals surface area (Å²) in [5, 5.41) is 9.20. The number of carboxylic acids is 1. The van der Waals surface area contributed by atoms with E-state index in [0.29, 0.717) is 15.6 Å². The maximum atomic E-state index is 12.4. The number of aryl methyl sites for hydroxylation is 1. The lowest BCUT2D eigenvalue weighted by atomic mass is 10.1. The molecule has 0 aliphatic carbocycles. The van der Waals surface area contributed by atoms with E-state index in [1.165, 1.54) is 4.90 Å². The Balaban J connectivity index is 2.31. The minimum atomic E-state index is -1.04. The average molecular weight is 321 g/mol. The molecule has 0 saturated carbocycles. The number of carbonyl (C=O) groups excluding carboxylic acids is 1. The van der Waals surface area contributed by atoms with Crippen LogP contribution in [-0.2, 0) is 9.59 Å². The van der Waals surface area contributed by atoms with Crippen LogP contribution in [0.1, 0.15) is 24.5 Å². The van der Waals surface area contributed by atoms with Crippen molar-refractivity contribution in [1.29, 1.82) is 0 Å². The summed E-state index contributed by atoms with van der Waals surface area (Å²) in [6.07, 6.45) is 2.07. The van der Waals surface area contributed by atoms with Gasteiger partial charge in [0, 0.05) is 0 Å². The maximum Gasteiger partial charge on any atom is 0.326 e. The Hall–Kier alpha value is -1.66. The number of benzene rings is 1. The third kappa shape index (κ3) is 3.33. The molecule has 1 aliphatic rings. The van der Waals surface area contributed by atoms with Crippen LogP contribution >= 0.6 is 24.0 Å². The number of hydrogen-bond donors (Lipinski definition) is 1. The van der Waals surface area contributed by atoms with Gasteiger partial charge >= 0.3 is 5.97 Å². The molecular weight excluding hydrogens is 306 g/mol. The Morgan fingerprint density at radius 3 is 2.81 bits per heavy atom. The summed E-state index contributed by atoms with van der Waals surface area (Å²) in [7, 11) is 0. The van der Waals surface area contributed by atoms with Crippen LogP contribution in [0.4, 0.5) is 0 Å². The Bertz CT molecular complexity index is 640. The maximum absolute atomic E-state index is 12.4. The number of nitrogens with zero attached hydrogens (tertiary/aromatic N) is 1. The molecule has 1 N–H and O–H groups in total. The number of thioether (sulfide) groups is 1. The average Bonchev–Trinajstić information content (AvgIpc) is 2.67. The number of amides is 1. The van der Waals surface area contributed by atoms with Gasteiger partial charge in [-0.15, -0.1) is 0 Å². The Kier molecular flexibility index (Phi) is 4.80. The van der Waals surface area contributed by atoms with Crippen LogP contribution < -0.4 is 0 Å². The first-order chi connectivity index (χ1) is 9.93. The molecule has 2 rings (SSSR count). The highest BCUT2D eigenvalue weighted by molar-refractivity contribution is 8.26. The summed E-state index contributed by atoms with van der Waals surface area (Å²) in [5.74, 6) is -1.37. The van der Waals surface area contributed by atoms with Gasteiger partial charge in [0.1, 0.15) is 10.4 Å². The van der Waals surface area contributed by atoms with Crippen molar-refractivity contribution in [3.8, 4) is 0 Å². The lowest BCUT2D eigenvalue weighted by Crippen LogP contribution is -2.43. The van der Waals surface area contributed by atoms with Crippen molar-refractivity contribution in [2.45, 2.75) is 26.3 Å². The van der Waals surface area contributed by atoms with Crippen LogP contribution in [0.3, 0.4) is 0 Å². The van der Waals surface area contributed by atoms with Gasteiger partial charge in [-0.05, 0) is 25.0 Å². The number of carbonyl (C=O) groups is 2. The molecule has 0 spiro atoms. The van der Waals surface area contributed by atoms with E-state index >= 15 is 0 Å². The van der Waals surface area contributed by atoms with Crippen LogP contribution in [0.2, 0.25) is 0 Å². The highest BCUT2D eigenvalue weighted by Crippen LogP contribution is 2.34. The molecule has 1 aliphatic heterocycles. The Labute approximate surface area is 132 Å². The molecule has 1 aromatic carbocycles. The Morgan fingerprint density at radius 1 is 1.52 bits per heavy atom. The second-order valence-electron chi connectivity index (χ2n) is 4.73. The minimum Gasteiger partial charge on any atom is -0.480 e. The first-order valence-corrected chi connectivity index (χ1v) is 7.73. The summed E-state index contributed by atoms with van der Waals surface area (Å²) in [6, 6.07) is 6.84. The second-order valence-corrected chi connectivity index (χ2v) is 6.40. The van der Waals surface area contributed by atoms with Gasteiger partial charge in [-0.25, -0.2) is 4.79 Å². The molecule has 1 amide bonds. The SMILES string of the molecule is CC[C@@H](C(=O)O)N1C(=O)/C(=C\c2cccc(C)c2)SC1=S. The monoisotopic (exact) mass is 321 g/mol. The van der Waals surface area contributed by atoms with Gasteiger partial charge in [-0.2, -0.15) is 0 Å². The normalized spacial score (nSPS) is 18.4. The van der Waals surface area contributed by atoms with E-state index < -0.39 is 12.0 Å². The molecule has 1 aromatic rings. The largest absolute Gasteiger partial charge is 0.480 e. The van der Waals surface area contributed by atoms with Crippen molar-refractivity contribution in [2.75, 3.05) is 0 Å². The molecule has 0 unspecified atom stereocenters. The van der Waals surface area contributed by atoms with Crippen LogP contribution in [0.15, 0.2) is 29.2 Å². The molecule has 110 valence electrons. The fourth-order valence-corrected chi connectivity index (χ4v) is 3.48. The first-order valence-electron chi connectivity index (χ1n) is 6.50. The van der Waals surface area contributed by atoms with E-state index in [1.807, 2.05) is 31.2 Å². The summed E-state index contributed by atoms with van der Waals surface area (Å²) < 4.78 is 0.299. The van der Waals surface area contributed by atoms with Crippen LogP contribution in [0.25, 0.3) is 6.08 Å². The lowest BCUT2D eigenvalue weighted by molar-refractivity contribution is -0.145. The zero-order valence-corrected chi connectivity index (χ0v) is 13.3. The van der Waals surface area contributed by atoms with Gasteiger partial charge in [-0.3, -0.25) is 9.69 Å². The Morgan fingerprint density at radius 2 is 2.24 bits per heavy atom. The highest BCUT2D eigenvalue weighted by atomic mass is 32.2. The number of hydrogen-bond acceptors (Lipinski definition) is 4. The van der Waals surface area contributed by atoms with Crippen LogP contribution in [-0.4, -0.2) is 32.2 Å². The molecular formula is C15H15NO3S2. The van der Waals surface area contributed by atoms with Gasteiger partial charge in [0.25, 0.3) is 5.91 Å². The fraction of sp³-hybridized carbons (Fsp3) is 0.267. The predicted octanol–water partition coefficient (Wildman–Crippen LogP) is 3.06. The van der Waals surface area contributed by atoms with Crippen LogP contribution in [0.5, 0.6) is 0 Å². The number of carboxylic acid groups (broad SMARTS) is 1. The summed E-state index contributed by atoms with van der Waals surface area (Å²) in [4.78, 5) is 25.3. The van der Waals surface area contributed by atoms with Crippen LogP contribution in [0, 0.1) is 6.92 Å². The molecule has 0 aromatic heterocycles. The summed E-state index contributed by atoms with van der Waals surface area (Å²) in [6.45, 7) is 3.70. The summed E-state index contributed by atoms with van der Waals surface area (Å²) in [5.41, 5.74) is 2.00. The van der Waals surface area contributed by atoms with Gasteiger partial charge in [0.05, 0.1) is 4.91 Å². The minimum absolute atomic E-state index is 0.299. The van der Waals surface area contributed by atoms with E-state index in [-0.39, 0.29) is 5.91 Å². The molecule has 1 atom stereocenters. The molecule has 4 nitrogen and oxygen atoms in total. The van der Waals surface area contributed by atoms with Crippen molar-refractivity contribution < 1.29 is 14.7 Å². The third-order valence-corrected chi connectivity index (χ3v) is 4.48. The van der Waals surface area contributed by atoms with E-state index in [9.17, 15) is 14.7 Å². The van der Waals surface area contributed by atoms with E-state index in [2.05, 4.69) is 0 Å². The molecule has 6 heteroatoms. The molecule has 0 radical (unpaired) electrons. The topological polar surface area (TPSA) is 57.6 Å². The molecule has 1 saturated heterocycles. The van der Waals surface area contributed by atoms with Gasteiger partial charge in [0.15, 0.2) is 0 Å². The van der Waals surface area contributed by atoms with Crippen molar-refractivity contribution in [3.05, 3.63) is 40.3 Å². The van der Waals surface area contributed by atoms with E-state index in [1.54, 1.807) is 13.0 Å². The van der Waals surface area contributed by atoms with Crippen molar-refractivity contribution in [2.24, 2.45) is 0 Å². The van der Waals surface area contributed by atoms with Gasteiger partial charge in [0.2, 0.25) is 0 Å². The van der Waals surface area contributed by atoms with Crippen molar-refractivity contribution in [1.82, 2.24) is 4.90 Å². The van der Waals surface area contributed by atoms with E-state index in [4.69, 9.17) is 12.2 Å². The third-order valence-electron chi connectivity index (χ3n) is 3.15. The number of rotatable bonds is 4. The predicted molar refractivity (Wildman–Crippen MR) is 87.9 cm³/mol. The fourth-order valence-electron chi connectivity index (χ4n) is 2.13. The lowest BCUT2D eigenvalue weighted by Gasteiger charge is -2.21. The highest BCUT2D eigenvalue weighted by Gasteiger charge is 2.39. The van der Waals surface area contributed by atoms with E-state index in [0.717, 1.165) is 22.9 Å². The smallest absolute Gasteiger partial charge is 0.326 e. The molecule has 0 bridgehead atoms. The molecule has 1 heterocycles. The first kappa shape index (κ1) is 15.7. The quantitative estimate of drug-likeness (QED) is 0.682. The number of aliphatic carboxylic acids is 1. The zero-order valence-electron chi connectivity index (χ0n) is 11.7.